The van der Waals surface area contributed by atoms with Crippen LogP contribution in [0.5, 0.6) is 0 Å². The molecule has 0 saturated heterocycles. The molecule has 1 rings (SSSR count). The molecule has 0 aliphatic rings. The Morgan fingerprint density at radius 2 is 2.16 bits per heavy atom. The number of aromatic amines is 1. The lowest BCUT2D eigenvalue weighted by molar-refractivity contribution is -0.131. The number of primary amides is 1. The minimum absolute atomic E-state index is 0.0793. The molecule has 4 N–H and O–H groups in total. The number of amides is 2. The lowest BCUT2D eigenvalue weighted by atomic mass is 10.0. The Labute approximate surface area is 111 Å². The number of imidazole rings is 1. The van der Waals surface area contributed by atoms with Crippen molar-refractivity contribution in [3.8, 4) is 0 Å². The summed E-state index contributed by atoms with van der Waals surface area (Å²) in [5.74, 6) is -1.02. The zero-order chi connectivity index (χ0) is 14.4. The van der Waals surface area contributed by atoms with E-state index in [0.29, 0.717) is 5.82 Å². The van der Waals surface area contributed by atoms with Gasteiger partial charge in [-0.3, -0.25) is 9.59 Å². The van der Waals surface area contributed by atoms with E-state index in [4.69, 9.17) is 5.73 Å². The molecule has 0 unspecified atom stereocenters. The average molecular weight is 266 g/mol. The summed E-state index contributed by atoms with van der Waals surface area (Å²) in [5, 5.41) is 2.53. The highest BCUT2D eigenvalue weighted by molar-refractivity contribution is 5.89. The Hall–Kier alpha value is -2.18. The van der Waals surface area contributed by atoms with Crippen molar-refractivity contribution in [2.24, 2.45) is 11.7 Å². The van der Waals surface area contributed by atoms with Crippen molar-refractivity contribution in [1.82, 2.24) is 15.3 Å². The number of nitrogens with two attached hydrogens (primary N) is 1. The van der Waals surface area contributed by atoms with Crippen LogP contribution in [0, 0.1) is 5.92 Å². The van der Waals surface area contributed by atoms with Crippen LogP contribution < -0.4 is 11.1 Å². The summed E-state index contributed by atoms with van der Waals surface area (Å²) in [6.45, 7) is 3.04. The molecule has 0 aromatic carbocycles. The van der Waals surface area contributed by atoms with E-state index in [9.17, 15) is 14.4 Å². The SMILES string of the molecule is CC(=O)C[C@H](C)C(=O)N[C@H](Cc1ncc[nH]1)C(N)=O. The van der Waals surface area contributed by atoms with Gasteiger partial charge >= 0.3 is 0 Å². The normalized spacial score (nSPS) is 13.6. The molecule has 0 aliphatic heterocycles. The topological polar surface area (TPSA) is 118 Å². The first-order chi connectivity index (χ1) is 8.90. The summed E-state index contributed by atoms with van der Waals surface area (Å²) in [5.41, 5.74) is 5.24. The molecule has 1 heterocycles. The molecule has 0 radical (unpaired) electrons. The standard InChI is InChI=1S/C12H18N4O3/c1-7(5-8(2)17)12(19)16-9(11(13)18)6-10-14-3-4-15-10/h3-4,7,9H,5-6H2,1-2H3,(H2,13,18)(H,14,15)(H,16,19)/t7-,9+/m0/s1. The van der Waals surface area contributed by atoms with Gasteiger partial charge in [-0.15, -0.1) is 0 Å². The van der Waals surface area contributed by atoms with E-state index < -0.39 is 17.9 Å². The highest BCUT2D eigenvalue weighted by atomic mass is 16.2. The summed E-state index contributed by atoms with van der Waals surface area (Å²) in [6.07, 6.45) is 3.50. The number of carbonyl (C=O) groups excluding carboxylic acids is 3. The van der Waals surface area contributed by atoms with Crippen molar-refractivity contribution in [3.05, 3.63) is 18.2 Å². The average Bonchev–Trinajstić information content (AvgIpc) is 2.79. The number of aromatic nitrogens is 2. The van der Waals surface area contributed by atoms with Gasteiger partial charge in [-0.2, -0.15) is 0 Å². The Balaban J connectivity index is 2.61. The third-order valence-corrected chi connectivity index (χ3v) is 2.65. The van der Waals surface area contributed by atoms with Crippen LogP contribution in [-0.2, 0) is 20.8 Å². The summed E-state index contributed by atoms with van der Waals surface area (Å²) in [7, 11) is 0. The summed E-state index contributed by atoms with van der Waals surface area (Å²) in [4.78, 5) is 40.9. The second-order valence-corrected chi connectivity index (χ2v) is 4.51. The molecule has 0 fully saturated rings. The molecule has 0 saturated carbocycles. The third kappa shape index (κ3) is 4.90. The van der Waals surface area contributed by atoms with Crippen LogP contribution in [0.2, 0.25) is 0 Å². The molecule has 1 aromatic heterocycles. The van der Waals surface area contributed by atoms with Crippen LogP contribution >= 0.6 is 0 Å². The largest absolute Gasteiger partial charge is 0.368 e. The molecule has 2 amide bonds. The van der Waals surface area contributed by atoms with Crippen molar-refractivity contribution in [2.75, 3.05) is 0 Å². The predicted molar refractivity (Wildman–Crippen MR) is 67.9 cm³/mol. The van der Waals surface area contributed by atoms with Crippen LogP contribution in [0.15, 0.2) is 12.4 Å². The maximum Gasteiger partial charge on any atom is 0.240 e. The van der Waals surface area contributed by atoms with Gasteiger partial charge in [-0.1, -0.05) is 6.92 Å². The number of carbonyl (C=O) groups is 3. The van der Waals surface area contributed by atoms with Crippen molar-refractivity contribution in [3.63, 3.8) is 0 Å². The summed E-state index contributed by atoms with van der Waals surface area (Å²) in [6, 6.07) is -0.840. The lowest BCUT2D eigenvalue weighted by Gasteiger charge is -2.17. The van der Waals surface area contributed by atoms with E-state index in [1.807, 2.05) is 0 Å². The second-order valence-electron chi connectivity index (χ2n) is 4.51. The van der Waals surface area contributed by atoms with Gasteiger partial charge in [0.2, 0.25) is 11.8 Å². The summed E-state index contributed by atoms with van der Waals surface area (Å²) < 4.78 is 0. The van der Waals surface area contributed by atoms with Crippen molar-refractivity contribution in [2.45, 2.75) is 32.7 Å². The first-order valence-electron chi connectivity index (χ1n) is 5.97. The van der Waals surface area contributed by atoms with Crippen LogP contribution in [0.1, 0.15) is 26.1 Å². The first-order valence-corrected chi connectivity index (χ1v) is 5.97. The van der Waals surface area contributed by atoms with Crippen LogP contribution in [0.3, 0.4) is 0 Å². The van der Waals surface area contributed by atoms with Crippen molar-refractivity contribution >= 4 is 17.6 Å². The molecule has 2 atom stereocenters. The number of nitrogens with zero attached hydrogens (tertiary/aromatic N) is 1. The van der Waals surface area contributed by atoms with E-state index in [2.05, 4.69) is 15.3 Å². The molecule has 0 spiro atoms. The van der Waals surface area contributed by atoms with Gasteiger partial charge in [0.15, 0.2) is 0 Å². The smallest absolute Gasteiger partial charge is 0.240 e. The highest BCUT2D eigenvalue weighted by Crippen LogP contribution is 2.04. The zero-order valence-corrected chi connectivity index (χ0v) is 11.0. The maximum absolute atomic E-state index is 11.8. The van der Waals surface area contributed by atoms with E-state index >= 15 is 0 Å². The lowest BCUT2D eigenvalue weighted by Crippen LogP contribution is -2.47. The fraction of sp³-hybridized carbons (Fsp3) is 0.500. The van der Waals surface area contributed by atoms with Gasteiger partial charge in [0.1, 0.15) is 17.6 Å². The number of hydrogen-bond donors (Lipinski definition) is 3. The van der Waals surface area contributed by atoms with E-state index in [-0.39, 0.29) is 24.5 Å². The number of hydrogen-bond acceptors (Lipinski definition) is 4. The quantitative estimate of drug-likeness (QED) is 0.618. The number of Topliss-reactive ketones (excluding diaryl/α,β-unsaturated/α-hetero) is 1. The maximum atomic E-state index is 11.8. The Morgan fingerprint density at radius 1 is 1.47 bits per heavy atom. The van der Waals surface area contributed by atoms with Crippen LogP contribution in [0.25, 0.3) is 0 Å². The molecule has 7 heteroatoms. The number of H-pyrrole nitrogens is 1. The molecular formula is C12H18N4O3. The minimum atomic E-state index is -0.840. The molecular weight excluding hydrogens is 248 g/mol. The summed E-state index contributed by atoms with van der Waals surface area (Å²) >= 11 is 0. The first kappa shape index (κ1) is 14.9. The number of ketones is 1. The highest BCUT2D eigenvalue weighted by Gasteiger charge is 2.23. The third-order valence-electron chi connectivity index (χ3n) is 2.65. The molecule has 1 aromatic rings. The van der Waals surface area contributed by atoms with Crippen LogP contribution in [0.4, 0.5) is 0 Å². The predicted octanol–water partition coefficient (Wildman–Crippen LogP) is -0.462. The van der Waals surface area contributed by atoms with E-state index in [0.717, 1.165) is 0 Å². The van der Waals surface area contributed by atoms with Gasteiger partial charge in [-0.05, 0) is 6.92 Å². The molecule has 19 heavy (non-hydrogen) atoms. The Kier molecular flexibility index (Phi) is 5.23. The molecule has 104 valence electrons. The van der Waals surface area contributed by atoms with E-state index in [1.54, 1.807) is 19.3 Å². The van der Waals surface area contributed by atoms with E-state index in [1.165, 1.54) is 6.92 Å². The van der Waals surface area contributed by atoms with Gasteiger partial charge < -0.3 is 20.8 Å². The fourth-order valence-electron chi connectivity index (χ4n) is 1.66. The van der Waals surface area contributed by atoms with Gasteiger partial charge in [0.05, 0.1) is 0 Å². The number of nitrogens with one attached hydrogen (secondary N) is 2. The minimum Gasteiger partial charge on any atom is -0.368 e. The second kappa shape index (κ2) is 6.67. The van der Waals surface area contributed by atoms with Gasteiger partial charge in [-0.25, -0.2) is 4.98 Å². The Bertz CT molecular complexity index is 456. The number of rotatable bonds is 7. The van der Waals surface area contributed by atoms with Crippen molar-refractivity contribution in [1.29, 1.82) is 0 Å². The molecule has 7 nitrogen and oxygen atoms in total. The van der Waals surface area contributed by atoms with Crippen molar-refractivity contribution < 1.29 is 14.4 Å². The molecule has 0 bridgehead atoms. The zero-order valence-electron chi connectivity index (χ0n) is 11.0. The van der Waals surface area contributed by atoms with Gasteiger partial charge in [0.25, 0.3) is 0 Å². The Morgan fingerprint density at radius 3 is 2.63 bits per heavy atom. The molecule has 0 aliphatic carbocycles. The van der Waals surface area contributed by atoms with Crippen LogP contribution in [-0.4, -0.2) is 33.6 Å². The van der Waals surface area contributed by atoms with Gasteiger partial charge in [0, 0.05) is 31.2 Å². The monoisotopic (exact) mass is 266 g/mol. The fourth-order valence-corrected chi connectivity index (χ4v) is 1.66.